The second-order valence-electron chi connectivity index (χ2n) is 3.06. The summed E-state index contributed by atoms with van der Waals surface area (Å²) in [5.74, 6) is -3.16. The van der Waals surface area contributed by atoms with Crippen molar-refractivity contribution in [3.8, 4) is 5.75 Å². The lowest BCUT2D eigenvalue weighted by molar-refractivity contribution is 0.395. The van der Waals surface area contributed by atoms with Crippen LogP contribution in [0.4, 0.5) is 8.78 Å². The normalized spacial score (nSPS) is 11.8. The molecule has 0 bridgehead atoms. The van der Waals surface area contributed by atoms with Gasteiger partial charge >= 0.3 is 0 Å². The first-order valence-electron chi connectivity index (χ1n) is 4.21. The molecular formula is C10H11BrClF2NO. The summed E-state index contributed by atoms with van der Waals surface area (Å²) in [6.07, 6.45) is 1.91. The van der Waals surface area contributed by atoms with E-state index in [0.717, 1.165) is 0 Å². The van der Waals surface area contributed by atoms with Crippen molar-refractivity contribution in [2.24, 2.45) is 5.73 Å². The maximum atomic E-state index is 13.1. The highest BCUT2D eigenvalue weighted by Crippen LogP contribution is 2.33. The topological polar surface area (TPSA) is 46.2 Å². The van der Waals surface area contributed by atoms with Crippen LogP contribution in [0.15, 0.2) is 23.2 Å². The number of halogens is 4. The number of phenolic OH excluding ortho intramolecular Hbond substituents is 1. The Bertz CT molecular complexity index is 401. The van der Waals surface area contributed by atoms with Gasteiger partial charge in [-0.3, -0.25) is 0 Å². The second-order valence-corrected chi connectivity index (χ2v) is 3.91. The SMILES string of the molecule is C=CC[C@H](N)c1cc(Br)c(F)c(F)c1O.Cl. The summed E-state index contributed by atoms with van der Waals surface area (Å²) in [7, 11) is 0. The summed E-state index contributed by atoms with van der Waals surface area (Å²) in [6.45, 7) is 3.48. The van der Waals surface area contributed by atoms with Crippen LogP contribution >= 0.6 is 28.3 Å². The molecule has 3 N–H and O–H groups in total. The van der Waals surface area contributed by atoms with Crippen molar-refractivity contribution in [1.29, 1.82) is 0 Å². The Morgan fingerprint density at radius 2 is 2.06 bits per heavy atom. The molecule has 2 nitrogen and oxygen atoms in total. The molecule has 0 saturated heterocycles. The number of rotatable bonds is 3. The predicted octanol–water partition coefficient (Wildman–Crippen LogP) is 3.43. The van der Waals surface area contributed by atoms with Crippen LogP contribution in [0.3, 0.4) is 0 Å². The van der Waals surface area contributed by atoms with Crippen LogP contribution in [0.2, 0.25) is 0 Å². The third kappa shape index (κ3) is 2.93. The van der Waals surface area contributed by atoms with Crippen molar-refractivity contribution in [2.45, 2.75) is 12.5 Å². The maximum absolute atomic E-state index is 13.1. The highest BCUT2D eigenvalue weighted by molar-refractivity contribution is 9.10. The molecule has 0 saturated carbocycles. The zero-order valence-electron chi connectivity index (χ0n) is 8.21. The minimum atomic E-state index is -1.29. The number of phenols is 1. The molecule has 0 heterocycles. The first-order valence-corrected chi connectivity index (χ1v) is 5.01. The van der Waals surface area contributed by atoms with Crippen LogP contribution in [0.1, 0.15) is 18.0 Å². The zero-order valence-corrected chi connectivity index (χ0v) is 10.6. The van der Waals surface area contributed by atoms with E-state index in [1.807, 2.05) is 0 Å². The Kier molecular flexibility index (Phi) is 5.92. The van der Waals surface area contributed by atoms with Crippen LogP contribution in [0.5, 0.6) is 5.75 Å². The van der Waals surface area contributed by atoms with Crippen molar-refractivity contribution in [3.63, 3.8) is 0 Å². The summed E-state index contributed by atoms with van der Waals surface area (Å²) in [5, 5.41) is 9.35. The molecule has 0 spiro atoms. The lowest BCUT2D eigenvalue weighted by Gasteiger charge is -2.13. The molecule has 1 aromatic rings. The molecule has 0 aromatic heterocycles. The Hall–Kier alpha value is -0.650. The van der Waals surface area contributed by atoms with Crippen molar-refractivity contribution in [1.82, 2.24) is 0 Å². The highest BCUT2D eigenvalue weighted by Gasteiger charge is 2.19. The van der Waals surface area contributed by atoms with Gasteiger partial charge in [0.25, 0.3) is 0 Å². The van der Waals surface area contributed by atoms with Gasteiger partial charge in [-0.05, 0) is 28.4 Å². The van der Waals surface area contributed by atoms with E-state index in [4.69, 9.17) is 5.73 Å². The van der Waals surface area contributed by atoms with E-state index >= 15 is 0 Å². The fourth-order valence-corrected chi connectivity index (χ4v) is 1.61. The Balaban J connectivity index is 0.00000225. The van der Waals surface area contributed by atoms with Crippen LogP contribution in [0, 0.1) is 11.6 Å². The summed E-state index contributed by atoms with van der Waals surface area (Å²) < 4.78 is 26.0. The standard InChI is InChI=1S/C10H10BrF2NO.ClH/c1-2-3-7(14)5-4-6(11)8(12)9(13)10(5)15;/h2,4,7,15H,1,3,14H2;1H/t7-;/m0./s1. The Labute approximate surface area is 107 Å². The highest BCUT2D eigenvalue weighted by atomic mass is 79.9. The summed E-state index contributed by atoms with van der Waals surface area (Å²) >= 11 is 2.84. The number of nitrogens with two attached hydrogens (primary N) is 1. The van der Waals surface area contributed by atoms with Crippen molar-refractivity contribution >= 4 is 28.3 Å². The first-order chi connectivity index (χ1) is 6.99. The molecule has 0 aliphatic heterocycles. The number of aromatic hydroxyl groups is 1. The van der Waals surface area contributed by atoms with Crippen LogP contribution in [-0.4, -0.2) is 5.11 Å². The van der Waals surface area contributed by atoms with Crippen molar-refractivity contribution < 1.29 is 13.9 Å². The molecule has 1 aromatic carbocycles. The largest absolute Gasteiger partial charge is 0.505 e. The van der Waals surface area contributed by atoms with Gasteiger partial charge in [-0.1, -0.05) is 6.08 Å². The van der Waals surface area contributed by atoms with E-state index in [1.165, 1.54) is 6.07 Å². The van der Waals surface area contributed by atoms with Gasteiger partial charge in [0.1, 0.15) is 0 Å². The van der Waals surface area contributed by atoms with E-state index in [9.17, 15) is 13.9 Å². The zero-order chi connectivity index (χ0) is 11.6. The molecule has 0 aliphatic carbocycles. The van der Waals surface area contributed by atoms with Gasteiger partial charge in [0, 0.05) is 11.6 Å². The maximum Gasteiger partial charge on any atom is 0.201 e. The first kappa shape index (κ1) is 15.3. The van der Waals surface area contributed by atoms with Gasteiger partial charge in [0.2, 0.25) is 5.82 Å². The molecule has 1 atom stereocenters. The number of hydrogen-bond acceptors (Lipinski definition) is 2. The van der Waals surface area contributed by atoms with E-state index in [0.29, 0.717) is 6.42 Å². The molecule has 0 fully saturated rings. The lowest BCUT2D eigenvalue weighted by Crippen LogP contribution is -2.10. The monoisotopic (exact) mass is 313 g/mol. The third-order valence-electron chi connectivity index (χ3n) is 1.99. The molecule has 0 aliphatic rings. The van der Waals surface area contributed by atoms with Crippen LogP contribution < -0.4 is 5.73 Å². The minimum Gasteiger partial charge on any atom is -0.505 e. The molecule has 0 radical (unpaired) electrons. The minimum absolute atomic E-state index is 0. The van der Waals surface area contributed by atoms with E-state index in [1.54, 1.807) is 6.08 Å². The fourth-order valence-electron chi connectivity index (χ4n) is 1.19. The fraction of sp³-hybridized carbons (Fsp3) is 0.200. The molecular weight excluding hydrogens is 303 g/mol. The van der Waals surface area contributed by atoms with E-state index in [-0.39, 0.29) is 22.4 Å². The van der Waals surface area contributed by atoms with Crippen LogP contribution in [0.25, 0.3) is 0 Å². The number of hydrogen-bond donors (Lipinski definition) is 2. The molecule has 90 valence electrons. The van der Waals surface area contributed by atoms with Gasteiger partial charge in [0.15, 0.2) is 11.6 Å². The summed E-state index contributed by atoms with van der Waals surface area (Å²) in [5.41, 5.74) is 5.81. The molecule has 1 rings (SSSR count). The van der Waals surface area contributed by atoms with Crippen molar-refractivity contribution in [2.75, 3.05) is 0 Å². The van der Waals surface area contributed by atoms with Gasteiger partial charge in [0.05, 0.1) is 4.47 Å². The molecule has 6 heteroatoms. The Morgan fingerprint density at radius 1 is 1.50 bits per heavy atom. The predicted molar refractivity (Wildman–Crippen MR) is 64.7 cm³/mol. The van der Waals surface area contributed by atoms with E-state index in [2.05, 4.69) is 22.5 Å². The second kappa shape index (κ2) is 6.18. The molecule has 0 unspecified atom stereocenters. The Morgan fingerprint density at radius 3 is 2.56 bits per heavy atom. The average molecular weight is 315 g/mol. The van der Waals surface area contributed by atoms with Gasteiger partial charge in [-0.2, -0.15) is 4.39 Å². The summed E-state index contributed by atoms with van der Waals surface area (Å²) in [4.78, 5) is 0. The van der Waals surface area contributed by atoms with Gasteiger partial charge < -0.3 is 10.8 Å². The lowest BCUT2D eigenvalue weighted by atomic mass is 10.0. The average Bonchev–Trinajstić information content (AvgIpc) is 2.20. The molecule has 0 amide bonds. The smallest absolute Gasteiger partial charge is 0.201 e. The van der Waals surface area contributed by atoms with Gasteiger partial charge in [-0.15, -0.1) is 19.0 Å². The quantitative estimate of drug-likeness (QED) is 0.663. The summed E-state index contributed by atoms with van der Waals surface area (Å²) in [6, 6.07) is 0.663. The van der Waals surface area contributed by atoms with Gasteiger partial charge in [-0.25, -0.2) is 4.39 Å². The third-order valence-corrected chi connectivity index (χ3v) is 2.56. The van der Waals surface area contributed by atoms with Crippen LogP contribution in [-0.2, 0) is 0 Å². The number of benzene rings is 1. The molecule has 16 heavy (non-hydrogen) atoms. The van der Waals surface area contributed by atoms with E-state index < -0.39 is 23.4 Å². The van der Waals surface area contributed by atoms with Crippen molar-refractivity contribution in [3.05, 3.63) is 40.4 Å².